The first-order valence-electron chi connectivity index (χ1n) is 12.4. The molecule has 9 heteroatoms. The number of nitrogens with one attached hydrogen (secondary N) is 1. The summed E-state index contributed by atoms with van der Waals surface area (Å²) in [5.41, 5.74) is 3.51. The minimum atomic E-state index is -0.466. The molecule has 0 bridgehead atoms. The molecule has 38 heavy (non-hydrogen) atoms. The van der Waals surface area contributed by atoms with Gasteiger partial charge in [0.1, 0.15) is 11.0 Å². The number of pyridine rings is 1. The molecule has 2 aromatic carbocycles. The number of urea groups is 1. The van der Waals surface area contributed by atoms with Gasteiger partial charge in [0.25, 0.3) is 0 Å². The van der Waals surface area contributed by atoms with E-state index in [1.807, 2.05) is 18.2 Å². The lowest BCUT2D eigenvalue weighted by Gasteiger charge is -2.39. The normalized spacial score (nSPS) is 16.5. The van der Waals surface area contributed by atoms with Gasteiger partial charge >= 0.3 is 6.03 Å². The Hall–Kier alpha value is -3.44. The molecule has 1 N–H and O–H groups in total. The summed E-state index contributed by atoms with van der Waals surface area (Å²) in [6, 6.07) is 15.8. The van der Waals surface area contributed by atoms with E-state index in [0.717, 1.165) is 49.2 Å². The van der Waals surface area contributed by atoms with Crippen molar-refractivity contribution >= 4 is 41.0 Å². The molecule has 1 spiro atoms. The Kier molecular flexibility index (Phi) is 7.66. The van der Waals surface area contributed by atoms with Crippen LogP contribution in [0, 0.1) is 17.1 Å². The molecule has 0 saturated carbocycles. The molecule has 3 heterocycles. The van der Waals surface area contributed by atoms with E-state index in [4.69, 9.17) is 28.5 Å². The van der Waals surface area contributed by atoms with Crippen LogP contribution in [0.5, 0.6) is 0 Å². The molecule has 0 unspecified atom stereocenters. The summed E-state index contributed by atoms with van der Waals surface area (Å²) in [6.45, 7) is 3.12. The average Bonchev–Trinajstić information content (AvgIpc) is 3.25. The second-order valence-electron chi connectivity index (χ2n) is 9.70. The molecule has 0 aliphatic carbocycles. The third-order valence-electron chi connectivity index (χ3n) is 7.36. The van der Waals surface area contributed by atoms with Gasteiger partial charge in [-0.1, -0.05) is 47.5 Å². The predicted molar refractivity (Wildman–Crippen MR) is 148 cm³/mol. The zero-order valence-corrected chi connectivity index (χ0v) is 22.1. The van der Waals surface area contributed by atoms with Crippen LogP contribution in [0.2, 0.25) is 10.2 Å². The Balaban J connectivity index is 1.27. The van der Waals surface area contributed by atoms with Crippen molar-refractivity contribution in [1.82, 2.24) is 15.2 Å². The van der Waals surface area contributed by atoms with Crippen LogP contribution in [-0.2, 0) is 12.0 Å². The molecule has 0 atom stereocenters. The van der Waals surface area contributed by atoms with Gasteiger partial charge in [-0.3, -0.25) is 9.80 Å². The molecule has 1 aromatic heterocycles. The second-order valence-corrected chi connectivity index (χ2v) is 10.5. The van der Waals surface area contributed by atoms with Crippen molar-refractivity contribution in [3.63, 3.8) is 0 Å². The highest BCUT2D eigenvalue weighted by Crippen LogP contribution is 2.50. The quantitative estimate of drug-likeness (QED) is 0.386. The highest BCUT2D eigenvalue weighted by Gasteiger charge is 2.48. The van der Waals surface area contributed by atoms with Crippen molar-refractivity contribution in [3.05, 3.63) is 99.1 Å². The van der Waals surface area contributed by atoms with Gasteiger partial charge in [0.15, 0.2) is 0 Å². The molecule has 2 aliphatic rings. The van der Waals surface area contributed by atoms with Crippen LogP contribution in [0.4, 0.5) is 14.9 Å². The number of anilines is 1. The summed E-state index contributed by atoms with van der Waals surface area (Å²) in [4.78, 5) is 21.3. The van der Waals surface area contributed by atoms with E-state index >= 15 is 0 Å². The molecule has 6 nitrogen and oxygen atoms in total. The maximum Gasteiger partial charge on any atom is 0.322 e. The standard InChI is InChI=1S/C29H26Cl2FN5O/c30-25-16-22(9-12-34-25)18-35-28(38)37-19-29(26-24(37)8-7-23(32)27(26)31)10-14-36(15-11-29)13-1-2-20-3-5-21(17-33)6-4-20/h1-9,12,16H,10-11,13-15,18-19H2,(H,35,38)/b2-1+. The average molecular weight is 550 g/mol. The highest BCUT2D eigenvalue weighted by molar-refractivity contribution is 6.32. The van der Waals surface area contributed by atoms with Gasteiger partial charge in [-0.15, -0.1) is 0 Å². The molecule has 1 saturated heterocycles. The Morgan fingerprint density at radius 1 is 1.16 bits per heavy atom. The number of piperidine rings is 1. The molecular formula is C29H26Cl2FN5O. The summed E-state index contributed by atoms with van der Waals surface area (Å²) in [7, 11) is 0. The summed E-state index contributed by atoms with van der Waals surface area (Å²) >= 11 is 12.5. The van der Waals surface area contributed by atoms with Crippen LogP contribution in [-0.4, -0.2) is 42.1 Å². The number of nitriles is 1. The van der Waals surface area contributed by atoms with Crippen LogP contribution in [0.3, 0.4) is 0 Å². The molecule has 0 radical (unpaired) electrons. The van der Waals surface area contributed by atoms with Crippen LogP contribution in [0.1, 0.15) is 35.1 Å². The molecule has 5 rings (SSSR count). The minimum Gasteiger partial charge on any atom is -0.334 e. The summed E-state index contributed by atoms with van der Waals surface area (Å²) in [5.74, 6) is -0.466. The van der Waals surface area contributed by atoms with Crippen molar-refractivity contribution in [2.45, 2.75) is 24.8 Å². The van der Waals surface area contributed by atoms with Crippen LogP contribution < -0.4 is 10.2 Å². The first-order chi connectivity index (χ1) is 18.4. The van der Waals surface area contributed by atoms with E-state index in [0.29, 0.717) is 29.5 Å². The number of benzene rings is 2. The third-order valence-corrected chi connectivity index (χ3v) is 7.94. The number of hydrogen-bond acceptors (Lipinski definition) is 4. The van der Waals surface area contributed by atoms with E-state index < -0.39 is 11.2 Å². The van der Waals surface area contributed by atoms with E-state index in [1.54, 1.807) is 41.4 Å². The van der Waals surface area contributed by atoms with Crippen molar-refractivity contribution in [2.75, 3.05) is 31.1 Å². The number of fused-ring (bicyclic) bond motifs is 2. The van der Waals surface area contributed by atoms with Crippen molar-refractivity contribution in [3.8, 4) is 6.07 Å². The van der Waals surface area contributed by atoms with Crippen LogP contribution in [0.15, 0.2) is 60.8 Å². The SMILES string of the molecule is N#Cc1ccc(/C=C/CN2CCC3(CC2)CN(C(=O)NCc2ccnc(Cl)c2)c2ccc(F)c(Cl)c23)cc1. The number of rotatable bonds is 5. The summed E-state index contributed by atoms with van der Waals surface area (Å²) in [5, 5.41) is 12.4. The number of carbonyl (C=O) groups excluding carboxylic acids is 1. The Morgan fingerprint density at radius 3 is 2.63 bits per heavy atom. The number of nitrogens with zero attached hydrogens (tertiary/aromatic N) is 4. The molecule has 2 amide bonds. The number of halogens is 3. The summed E-state index contributed by atoms with van der Waals surface area (Å²) in [6.07, 6.45) is 7.28. The lowest BCUT2D eigenvalue weighted by atomic mass is 9.74. The van der Waals surface area contributed by atoms with E-state index in [1.165, 1.54) is 6.07 Å². The Morgan fingerprint density at radius 2 is 1.92 bits per heavy atom. The second kappa shape index (κ2) is 11.1. The van der Waals surface area contributed by atoms with Crippen LogP contribution in [0.25, 0.3) is 6.08 Å². The fraction of sp³-hybridized carbons (Fsp3) is 0.276. The number of carbonyl (C=O) groups is 1. The minimum absolute atomic E-state index is 0.105. The number of aromatic nitrogens is 1. The number of likely N-dealkylation sites (tertiary alicyclic amines) is 1. The smallest absolute Gasteiger partial charge is 0.322 e. The first-order valence-corrected chi connectivity index (χ1v) is 13.2. The highest BCUT2D eigenvalue weighted by atomic mass is 35.5. The predicted octanol–water partition coefficient (Wildman–Crippen LogP) is 6.18. The van der Waals surface area contributed by atoms with Gasteiger partial charge in [-0.2, -0.15) is 5.26 Å². The fourth-order valence-corrected chi connectivity index (χ4v) is 5.88. The topological polar surface area (TPSA) is 72.3 Å². The van der Waals surface area contributed by atoms with Gasteiger partial charge in [0.05, 0.1) is 22.3 Å². The molecular weight excluding hydrogens is 524 g/mol. The van der Waals surface area contributed by atoms with E-state index in [2.05, 4.69) is 27.3 Å². The van der Waals surface area contributed by atoms with Gasteiger partial charge in [-0.05, 0) is 73.5 Å². The van der Waals surface area contributed by atoms with Crippen molar-refractivity contribution < 1.29 is 9.18 Å². The number of amides is 2. The van der Waals surface area contributed by atoms with Gasteiger partial charge < -0.3 is 5.32 Å². The lowest BCUT2D eigenvalue weighted by Crippen LogP contribution is -2.47. The zero-order valence-electron chi connectivity index (χ0n) is 20.6. The third kappa shape index (κ3) is 5.39. The van der Waals surface area contributed by atoms with Crippen LogP contribution >= 0.6 is 23.2 Å². The van der Waals surface area contributed by atoms with Crippen molar-refractivity contribution in [1.29, 1.82) is 5.26 Å². The van der Waals surface area contributed by atoms with E-state index in [-0.39, 0.29) is 11.1 Å². The van der Waals surface area contributed by atoms with Gasteiger partial charge in [0, 0.05) is 36.8 Å². The first kappa shape index (κ1) is 26.2. The molecule has 2 aliphatic heterocycles. The van der Waals surface area contributed by atoms with Crippen molar-refractivity contribution in [2.24, 2.45) is 0 Å². The monoisotopic (exact) mass is 549 g/mol. The lowest BCUT2D eigenvalue weighted by molar-refractivity contribution is 0.180. The maximum atomic E-state index is 14.6. The zero-order chi connectivity index (χ0) is 26.7. The summed E-state index contributed by atoms with van der Waals surface area (Å²) < 4.78 is 14.6. The Bertz CT molecular complexity index is 1410. The fourth-order valence-electron chi connectivity index (χ4n) is 5.32. The largest absolute Gasteiger partial charge is 0.334 e. The maximum absolute atomic E-state index is 14.6. The molecule has 1 fully saturated rings. The molecule has 3 aromatic rings. The molecule has 194 valence electrons. The number of hydrogen-bond donors (Lipinski definition) is 1. The van der Waals surface area contributed by atoms with Gasteiger partial charge in [0.2, 0.25) is 0 Å². The van der Waals surface area contributed by atoms with E-state index in [9.17, 15) is 9.18 Å². The Labute approximate surface area is 231 Å². The van der Waals surface area contributed by atoms with Gasteiger partial charge in [-0.25, -0.2) is 14.2 Å².